The Morgan fingerprint density at radius 2 is 1.91 bits per heavy atom. The molecule has 3 amide bonds. The number of rotatable bonds is 4. The maximum absolute atomic E-state index is 13.4. The van der Waals surface area contributed by atoms with E-state index in [4.69, 9.17) is 4.74 Å². The zero-order valence-electron chi connectivity index (χ0n) is 17.1. The van der Waals surface area contributed by atoms with Crippen LogP contribution in [-0.4, -0.2) is 51.8 Å². The summed E-state index contributed by atoms with van der Waals surface area (Å²) in [6.45, 7) is 0.282. The number of amides is 3. The molecule has 0 bridgehead atoms. The number of anilines is 1. The summed E-state index contributed by atoms with van der Waals surface area (Å²) in [6.07, 6.45) is -0.666. The SMILES string of the molecule is COc1ccc(Br)cc1-c1nnc2n1C1C(C(=O)NC(=O)N1C)N2Cc1ccc(F)cc1. The van der Waals surface area contributed by atoms with Gasteiger partial charge in [0.2, 0.25) is 5.95 Å². The van der Waals surface area contributed by atoms with Gasteiger partial charge in [-0.1, -0.05) is 28.1 Å². The summed E-state index contributed by atoms with van der Waals surface area (Å²) in [7, 11) is 3.17. The molecule has 2 atom stereocenters. The summed E-state index contributed by atoms with van der Waals surface area (Å²) in [5, 5.41) is 11.1. The van der Waals surface area contributed by atoms with Gasteiger partial charge < -0.3 is 14.5 Å². The summed E-state index contributed by atoms with van der Waals surface area (Å²) in [4.78, 5) is 28.6. The number of nitrogens with zero attached hydrogens (tertiary/aromatic N) is 5. The van der Waals surface area contributed by atoms with Gasteiger partial charge in [0.15, 0.2) is 11.9 Å². The van der Waals surface area contributed by atoms with Crippen LogP contribution in [0.5, 0.6) is 5.75 Å². The van der Waals surface area contributed by atoms with Crippen LogP contribution in [0.25, 0.3) is 11.4 Å². The van der Waals surface area contributed by atoms with Gasteiger partial charge in [-0.05, 0) is 35.9 Å². The highest BCUT2D eigenvalue weighted by atomic mass is 79.9. The predicted molar refractivity (Wildman–Crippen MR) is 116 cm³/mol. The first-order valence-corrected chi connectivity index (χ1v) is 10.6. The fourth-order valence-electron chi connectivity index (χ4n) is 4.19. The number of aromatic nitrogens is 3. The Hall–Kier alpha value is -3.47. The number of methoxy groups -OCH3 is 1. The molecular weight excluding hydrogens is 483 g/mol. The summed E-state index contributed by atoms with van der Waals surface area (Å²) in [6, 6.07) is 10.3. The first-order valence-electron chi connectivity index (χ1n) is 9.76. The molecule has 3 aromatic rings. The lowest BCUT2D eigenvalue weighted by atomic mass is 10.1. The molecule has 2 aromatic carbocycles. The van der Waals surface area contributed by atoms with Crippen LogP contribution in [0.3, 0.4) is 0 Å². The first-order chi connectivity index (χ1) is 15.4. The van der Waals surface area contributed by atoms with E-state index in [0.29, 0.717) is 23.1 Å². The summed E-state index contributed by atoms with van der Waals surface area (Å²) in [5.74, 6) is 0.687. The number of fused-ring (bicyclic) bond motifs is 3. The van der Waals surface area contributed by atoms with E-state index in [2.05, 4.69) is 31.4 Å². The van der Waals surface area contributed by atoms with Gasteiger partial charge in [-0.25, -0.2) is 9.18 Å². The van der Waals surface area contributed by atoms with Crippen molar-refractivity contribution < 1.29 is 18.7 Å². The number of imide groups is 1. The highest BCUT2D eigenvalue weighted by molar-refractivity contribution is 9.10. The van der Waals surface area contributed by atoms with E-state index in [0.717, 1.165) is 10.0 Å². The molecule has 9 nitrogen and oxygen atoms in total. The first kappa shape index (κ1) is 20.4. The summed E-state index contributed by atoms with van der Waals surface area (Å²) < 4.78 is 21.5. The van der Waals surface area contributed by atoms with E-state index in [1.165, 1.54) is 17.0 Å². The highest BCUT2D eigenvalue weighted by Gasteiger charge is 2.52. The molecule has 11 heteroatoms. The van der Waals surface area contributed by atoms with Gasteiger partial charge in [-0.15, -0.1) is 10.2 Å². The van der Waals surface area contributed by atoms with Crippen molar-refractivity contribution in [3.05, 3.63) is 58.3 Å². The average molecular weight is 501 g/mol. The van der Waals surface area contributed by atoms with Crippen molar-refractivity contribution in [1.29, 1.82) is 0 Å². The standard InChI is InChI=1S/C21H18BrFN6O3/c1-27-19-16(18(30)24-21(27)31)28(10-11-3-6-13(23)7-4-11)20-26-25-17(29(19)20)14-9-12(22)5-8-15(14)32-2/h3-9,16,19H,10H2,1-2H3,(H,24,30,31). The summed E-state index contributed by atoms with van der Waals surface area (Å²) >= 11 is 3.47. The molecule has 1 aromatic heterocycles. The minimum atomic E-state index is -0.731. The number of carbonyl (C=O) groups excluding carboxylic acids is 2. The Kier molecular flexibility index (Phi) is 4.85. The molecular formula is C21H18BrFN6O3. The second kappa shape index (κ2) is 7.59. The number of hydrogen-bond acceptors (Lipinski definition) is 6. The van der Waals surface area contributed by atoms with E-state index in [-0.39, 0.29) is 12.4 Å². The molecule has 1 fully saturated rings. The molecule has 5 rings (SSSR count). The number of nitrogens with one attached hydrogen (secondary N) is 1. The fraction of sp³-hybridized carbons (Fsp3) is 0.238. The number of urea groups is 1. The number of carbonyl (C=O) groups is 2. The number of likely N-dealkylation sites (N-methyl/N-ethyl adjacent to an activating group) is 1. The molecule has 2 aliphatic heterocycles. The van der Waals surface area contributed by atoms with Crippen LogP contribution in [0.15, 0.2) is 46.9 Å². The van der Waals surface area contributed by atoms with Crippen LogP contribution in [0.2, 0.25) is 0 Å². The molecule has 0 aliphatic carbocycles. The minimum Gasteiger partial charge on any atom is -0.496 e. The minimum absolute atomic E-state index is 0.282. The predicted octanol–water partition coefficient (Wildman–Crippen LogP) is 2.92. The normalized spacial score (nSPS) is 19.6. The molecule has 164 valence electrons. The Bertz CT molecular complexity index is 1230. The van der Waals surface area contributed by atoms with Gasteiger partial charge in [0.25, 0.3) is 5.91 Å². The lowest BCUT2D eigenvalue weighted by Crippen LogP contribution is -2.61. The third-order valence-electron chi connectivity index (χ3n) is 5.70. The highest BCUT2D eigenvalue weighted by Crippen LogP contribution is 2.43. The van der Waals surface area contributed by atoms with Crippen molar-refractivity contribution in [2.75, 3.05) is 19.1 Å². The number of ether oxygens (including phenoxy) is 1. The van der Waals surface area contributed by atoms with Gasteiger partial charge >= 0.3 is 6.03 Å². The topological polar surface area (TPSA) is 92.6 Å². The molecule has 1 N–H and O–H groups in total. The molecule has 3 heterocycles. The van der Waals surface area contributed by atoms with Crippen molar-refractivity contribution >= 4 is 33.8 Å². The second-order valence-corrected chi connectivity index (χ2v) is 8.47. The fourth-order valence-corrected chi connectivity index (χ4v) is 4.55. The Balaban J connectivity index is 1.67. The number of halogens is 2. The zero-order chi connectivity index (χ0) is 22.6. The molecule has 1 saturated heterocycles. The number of benzene rings is 2. The Morgan fingerprint density at radius 3 is 2.62 bits per heavy atom. The molecule has 2 aliphatic rings. The van der Waals surface area contributed by atoms with Gasteiger partial charge in [0.1, 0.15) is 17.7 Å². The van der Waals surface area contributed by atoms with E-state index in [1.807, 2.05) is 12.1 Å². The maximum atomic E-state index is 13.4. The van der Waals surface area contributed by atoms with Crippen LogP contribution in [0, 0.1) is 5.82 Å². The smallest absolute Gasteiger partial charge is 0.325 e. The molecule has 32 heavy (non-hydrogen) atoms. The van der Waals surface area contributed by atoms with Gasteiger partial charge in [-0.2, -0.15) is 0 Å². The van der Waals surface area contributed by atoms with Crippen molar-refractivity contribution in [2.24, 2.45) is 0 Å². The van der Waals surface area contributed by atoms with E-state index < -0.39 is 24.1 Å². The third kappa shape index (κ3) is 3.11. The molecule has 0 saturated carbocycles. The Morgan fingerprint density at radius 1 is 1.16 bits per heavy atom. The number of hydrogen-bond donors (Lipinski definition) is 1. The molecule has 0 spiro atoms. The largest absolute Gasteiger partial charge is 0.496 e. The monoisotopic (exact) mass is 500 g/mol. The van der Waals surface area contributed by atoms with Crippen LogP contribution in [-0.2, 0) is 11.3 Å². The molecule has 0 radical (unpaired) electrons. The third-order valence-corrected chi connectivity index (χ3v) is 6.20. The van der Waals surface area contributed by atoms with E-state index in [9.17, 15) is 14.0 Å². The van der Waals surface area contributed by atoms with Crippen LogP contribution in [0.1, 0.15) is 11.7 Å². The van der Waals surface area contributed by atoms with Crippen LogP contribution in [0.4, 0.5) is 15.1 Å². The van der Waals surface area contributed by atoms with Crippen LogP contribution < -0.4 is 15.0 Å². The quantitative estimate of drug-likeness (QED) is 0.591. The van der Waals surface area contributed by atoms with Gasteiger partial charge in [-0.3, -0.25) is 14.7 Å². The maximum Gasteiger partial charge on any atom is 0.325 e. The van der Waals surface area contributed by atoms with Crippen molar-refractivity contribution in [3.8, 4) is 17.1 Å². The molecule has 2 unspecified atom stereocenters. The lowest BCUT2D eigenvalue weighted by molar-refractivity contribution is -0.124. The lowest BCUT2D eigenvalue weighted by Gasteiger charge is -2.37. The average Bonchev–Trinajstić information content (AvgIpc) is 3.33. The van der Waals surface area contributed by atoms with Gasteiger partial charge in [0, 0.05) is 18.1 Å². The van der Waals surface area contributed by atoms with Crippen LogP contribution >= 0.6 is 15.9 Å². The van der Waals surface area contributed by atoms with E-state index in [1.54, 1.807) is 41.8 Å². The van der Waals surface area contributed by atoms with Gasteiger partial charge in [0.05, 0.1) is 12.7 Å². The van der Waals surface area contributed by atoms with Crippen molar-refractivity contribution in [1.82, 2.24) is 25.0 Å². The zero-order valence-corrected chi connectivity index (χ0v) is 18.7. The second-order valence-electron chi connectivity index (χ2n) is 7.56. The Labute approximate surface area is 190 Å². The summed E-state index contributed by atoms with van der Waals surface area (Å²) in [5.41, 5.74) is 1.45. The van der Waals surface area contributed by atoms with Crippen molar-refractivity contribution in [3.63, 3.8) is 0 Å². The van der Waals surface area contributed by atoms with Crippen molar-refractivity contribution in [2.45, 2.75) is 18.8 Å². The van der Waals surface area contributed by atoms with E-state index >= 15 is 0 Å².